The number of nitrogens with zero attached hydrogens (tertiary/aromatic N) is 2. The van der Waals surface area contributed by atoms with Crippen LogP contribution in [0.1, 0.15) is 10.4 Å². The Kier molecular flexibility index (Phi) is 3.46. The Hall–Kier alpha value is -2.83. The SMILES string of the molecule is O=C(Nc1ccc([N+](=O)[O-])cn1)c1ccccc1F. The van der Waals surface area contributed by atoms with Crippen LogP contribution in [0.5, 0.6) is 0 Å². The predicted molar refractivity (Wildman–Crippen MR) is 65.2 cm³/mol. The van der Waals surface area contributed by atoms with Gasteiger partial charge in [-0.2, -0.15) is 0 Å². The van der Waals surface area contributed by atoms with E-state index in [1.165, 1.54) is 30.3 Å². The van der Waals surface area contributed by atoms with Gasteiger partial charge in [-0.25, -0.2) is 9.37 Å². The molecular formula is C12H8FN3O3. The van der Waals surface area contributed by atoms with E-state index in [1.54, 1.807) is 0 Å². The highest BCUT2D eigenvalue weighted by Crippen LogP contribution is 2.13. The quantitative estimate of drug-likeness (QED) is 0.679. The van der Waals surface area contributed by atoms with Crippen molar-refractivity contribution in [2.45, 2.75) is 0 Å². The normalized spacial score (nSPS) is 9.95. The number of carbonyl (C=O) groups excluding carboxylic acids is 1. The summed E-state index contributed by atoms with van der Waals surface area (Å²) >= 11 is 0. The highest BCUT2D eigenvalue weighted by Gasteiger charge is 2.12. The second-order valence-corrected chi connectivity index (χ2v) is 3.59. The molecule has 0 aliphatic carbocycles. The van der Waals surface area contributed by atoms with Gasteiger partial charge in [-0.1, -0.05) is 12.1 Å². The first-order valence-corrected chi connectivity index (χ1v) is 5.24. The smallest absolute Gasteiger partial charge is 0.287 e. The molecule has 0 spiro atoms. The summed E-state index contributed by atoms with van der Waals surface area (Å²) in [5.41, 5.74) is -0.313. The Labute approximate surface area is 107 Å². The first kappa shape index (κ1) is 12.6. The van der Waals surface area contributed by atoms with Gasteiger partial charge in [0.2, 0.25) is 0 Å². The zero-order valence-corrected chi connectivity index (χ0v) is 9.54. The summed E-state index contributed by atoms with van der Waals surface area (Å²) in [4.78, 5) is 25.3. The molecule has 19 heavy (non-hydrogen) atoms. The Morgan fingerprint density at radius 1 is 1.26 bits per heavy atom. The van der Waals surface area contributed by atoms with E-state index in [9.17, 15) is 19.3 Å². The fourth-order valence-corrected chi connectivity index (χ4v) is 1.40. The van der Waals surface area contributed by atoms with Gasteiger partial charge in [0.15, 0.2) is 0 Å². The van der Waals surface area contributed by atoms with Crippen molar-refractivity contribution >= 4 is 17.4 Å². The summed E-state index contributed by atoms with van der Waals surface area (Å²) in [6.45, 7) is 0. The molecule has 0 atom stereocenters. The first-order chi connectivity index (χ1) is 9.08. The van der Waals surface area contributed by atoms with Gasteiger partial charge >= 0.3 is 0 Å². The second-order valence-electron chi connectivity index (χ2n) is 3.59. The minimum absolute atomic E-state index is 0.110. The number of carbonyl (C=O) groups is 1. The van der Waals surface area contributed by atoms with Crippen LogP contribution in [0.3, 0.4) is 0 Å². The van der Waals surface area contributed by atoms with Gasteiger partial charge < -0.3 is 5.32 Å². The molecule has 0 bridgehead atoms. The Balaban J connectivity index is 2.15. The van der Waals surface area contributed by atoms with Gasteiger partial charge in [0, 0.05) is 6.07 Å². The van der Waals surface area contributed by atoms with Crippen molar-refractivity contribution in [2.75, 3.05) is 5.32 Å². The number of anilines is 1. The minimum Gasteiger partial charge on any atom is -0.306 e. The predicted octanol–water partition coefficient (Wildman–Crippen LogP) is 2.38. The number of halogens is 1. The lowest BCUT2D eigenvalue weighted by Crippen LogP contribution is -2.14. The van der Waals surface area contributed by atoms with Crippen LogP contribution >= 0.6 is 0 Å². The van der Waals surface area contributed by atoms with Gasteiger partial charge in [-0.15, -0.1) is 0 Å². The third kappa shape index (κ3) is 2.89. The Bertz CT molecular complexity index is 628. The molecule has 0 aliphatic heterocycles. The number of nitro groups is 1. The average Bonchev–Trinajstić information content (AvgIpc) is 2.39. The lowest BCUT2D eigenvalue weighted by molar-refractivity contribution is -0.385. The lowest BCUT2D eigenvalue weighted by Gasteiger charge is -2.04. The van der Waals surface area contributed by atoms with Crippen molar-refractivity contribution in [3.05, 3.63) is 64.1 Å². The van der Waals surface area contributed by atoms with Gasteiger partial charge in [0.25, 0.3) is 11.6 Å². The van der Waals surface area contributed by atoms with E-state index < -0.39 is 16.6 Å². The summed E-state index contributed by atoms with van der Waals surface area (Å²) in [6, 6.07) is 7.96. The molecule has 7 heteroatoms. The maximum Gasteiger partial charge on any atom is 0.287 e. The van der Waals surface area contributed by atoms with Crippen molar-refractivity contribution < 1.29 is 14.1 Å². The van der Waals surface area contributed by atoms with Crippen LogP contribution in [0.4, 0.5) is 15.9 Å². The number of amides is 1. The van der Waals surface area contributed by atoms with Crippen molar-refractivity contribution in [3.8, 4) is 0 Å². The van der Waals surface area contributed by atoms with Crippen LogP contribution in [0.2, 0.25) is 0 Å². The highest BCUT2D eigenvalue weighted by molar-refractivity contribution is 6.03. The number of benzene rings is 1. The molecule has 0 saturated carbocycles. The molecule has 0 saturated heterocycles. The van der Waals surface area contributed by atoms with E-state index in [4.69, 9.17) is 0 Å². The molecule has 1 aromatic carbocycles. The van der Waals surface area contributed by atoms with Crippen LogP contribution in [-0.2, 0) is 0 Å². The topological polar surface area (TPSA) is 85.1 Å². The van der Waals surface area contributed by atoms with Crippen LogP contribution < -0.4 is 5.32 Å². The molecule has 0 radical (unpaired) electrons. The molecule has 6 nitrogen and oxygen atoms in total. The lowest BCUT2D eigenvalue weighted by atomic mass is 10.2. The summed E-state index contributed by atoms with van der Waals surface area (Å²) in [5.74, 6) is -1.21. The molecule has 1 amide bonds. The molecular weight excluding hydrogens is 253 g/mol. The number of aromatic nitrogens is 1. The third-order valence-electron chi connectivity index (χ3n) is 2.32. The van der Waals surface area contributed by atoms with Gasteiger partial charge in [0.1, 0.15) is 17.8 Å². The highest BCUT2D eigenvalue weighted by atomic mass is 19.1. The molecule has 2 rings (SSSR count). The maximum absolute atomic E-state index is 13.3. The van der Waals surface area contributed by atoms with Gasteiger partial charge in [-0.05, 0) is 18.2 Å². The number of nitrogens with one attached hydrogen (secondary N) is 1. The standard InChI is InChI=1S/C12H8FN3O3/c13-10-4-2-1-3-9(10)12(17)15-11-6-5-8(7-14-11)16(18)19/h1-7H,(H,14,15,17). The van der Waals surface area contributed by atoms with E-state index in [0.717, 1.165) is 12.3 Å². The van der Waals surface area contributed by atoms with E-state index >= 15 is 0 Å². The van der Waals surface area contributed by atoms with E-state index in [0.29, 0.717) is 0 Å². The van der Waals surface area contributed by atoms with E-state index in [1.807, 2.05) is 0 Å². The molecule has 1 aromatic heterocycles. The molecule has 0 aliphatic rings. The van der Waals surface area contributed by atoms with Crippen molar-refractivity contribution in [2.24, 2.45) is 0 Å². The van der Waals surface area contributed by atoms with Crippen LogP contribution in [0, 0.1) is 15.9 Å². The summed E-state index contributed by atoms with van der Waals surface area (Å²) in [6.07, 6.45) is 1.01. The number of pyridine rings is 1. The van der Waals surface area contributed by atoms with Crippen molar-refractivity contribution in [3.63, 3.8) is 0 Å². The molecule has 2 aromatic rings. The number of hydrogen-bond acceptors (Lipinski definition) is 4. The van der Waals surface area contributed by atoms with Gasteiger partial charge in [0.05, 0.1) is 10.5 Å². The molecule has 96 valence electrons. The molecule has 0 unspecified atom stereocenters. The minimum atomic E-state index is -0.667. The molecule has 1 heterocycles. The Morgan fingerprint density at radius 2 is 2.00 bits per heavy atom. The van der Waals surface area contributed by atoms with Crippen molar-refractivity contribution in [1.82, 2.24) is 4.98 Å². The zero-order chi connectivity index (χ0) is 13.8. The van der Waals surface area contributed by atoms with Crippen molar-refractivity contribution in [1.29, 1.82) is 0 Å². The van der Waals surface area contributed by atoms with Crippen LogP contribution in [-0.4, -0.2) is 15.8 Å². The second kappa shape index (κ2) is 5.21. The largest absolute Gasteiger partial charge is 0.306 e. The fraction of sp³-hybridized carbons (Fsp3) is 0. The summed E-state index contributed by atoms with van der Waals surface area (Å²) < 4.78 is 13.3. The third-order valence-corrected chi connectivity index (χ3v) is 2.32. The average molecular weight is 261 g/mol. The van der Waals surface area contributed by atoms with E-state index in [2.05, 4.69) is 10.3 Å². The van der Waals surface area contributed by atoms with Gasteiger partial charge in [-0.3, -0.25) is 14.9 Å². The molecule has 0 fully saturated rings. The first-order valence-electron chi connectivity index (χ1n) is 5.24. The summed E-state index contributed by atoms with van der Waals surface area (Å²) in [5, 5.41) is 12.8. The monoisotopic (exact) mass is 261 g/mol. The number of rotatable bonds is 3. The zero-order valence-electron chi connectivity index (χ0n) is 9.54. The van der Waals surface area contributed by atoms with E-state index in [-0.39, 0.29) is 17.1 Å². The Morgan fingerprint density at radius 3 is 2.58 bits per heavy atom. The summed E-state index contributed by atoms with van der Waals surface area (Å²) in [7, 11) is 0. The molecule has 1 N–H and O–H groups in total. The fourth-order valence-electron chi connectivity index (χ4n) is 1.40. The van der Waals surface area contributed by atoms with Crippen LogP contribution in [0.15, 0.2) is 42.6 Å². The van der Waals surface area contributed by atoms with Crippen LogP contribution in [0.25, 0.3) is 0 Å². The maximum atomic E-state index is 13.3. The number of hydrogen-bond donors (Lipinski definition) is 1.